The van der Waals surface area contributed by atoms with Gasteiger partial charge in [-0.05, 0) is 48.7 Å². The summed E-state index contributed by atoms with van der Waals surface area (Å²) in [5.74, 6) is 0. The smallest absolute Gasteiger partial charge is 0.168 e. The third-order valence-corrected chi connectivity index (χ3v) is 1.74. The zero-order chi connectivity index (χ0) is 11.8. The van der Waals surface area contributed by atoms with Gasteiger partial charge in [0, 0.05) is 10.2 Å². The summed E-state index contributed by atoms with van der Waals surface area (Å²) in [6, 6.07) is 7.62. The largest absolute Gasteiger partial charge is 0.377 e. The predicted molar refractivity (Wildman–Crippen MR) is 75.5 cm³/mol. The monoisotopic (exact) mass is 306 g/mol. The molecule has 0 saturated carbocycles. The molecule has 4 nitrogen and oxygen atoms in total. The van der Waals surface area contributed by atoms with Gasteiger partial charge in [-0.15, -0.1) is 0 Å². The summed E-state index contributed by atoms with van der Waals surface area (Å²) in [5.41, 5.74) is 15.4. The molecule has 0 unspecified atom stereocenters. The van der Waals surface area contributed by atoms with Crippen LogP contribution >= 0.6 is 40.4 Å². The van der Waals surface area contributed by atoms with Crippen LogP contribution in [-0.4, -0.2) is 10.2 Å². The lowest BCUT2D eigenvalue weighted by molar-refractivity contribution is 1.58. The van der Waals surface area contributed by atoms with Crippen LogP contribution in [0.25, 0.3) is 0 Å². The van der Waals surface area contributed by atoms with Crippen LogP contribution in [0.4, 0.5) is 5.69 Å². The van der Waals surface area contributed by atoms with Gasteiger partial charge in [0.25, 0.3) is 0 Å². The summed E-state index contributed by atoms with van der Waals surface area (Å²) in [6.45, 7) is 0. The van der Waals surface area contributed by atoms with Crippen molar-refractivity contribution in [3.05, 3.63) is 28.7 Å². The Bertz CT molecular complexity index is 335. The first-order valence-corrected chi connectivity index (χ1v) is 5.39. The minimum atomic E-state index is 0.000000000000000222. The minimum Gasteiger partial charge on any atom is -0.377 e. The standard InChI is InChI=1S/C7H7BrN2S.CH4N2S/c8-5-1-3-6(4-2-5)10-7(9)11;2-1(3)4/h1-4H,(H3,9,10,11);(H4,2,3,4). The Labute approximate surface area is 107 Å². The number of halogens is 1. The van der Waals surface area contributed by atoms with E-state index in [4.69, 9.17) is 5.73 Å². The Morgan fingerprint density at radius 2 is 1.47 bits per heavy atom. The fourth-order valence-electron chi connectivity index (χ4n) is 0.675. The van der Waals surface area contributed by atoms with Gasteiger partial charge in [0.1, 0.15) is 0 Å². The molecular formula is C8H11BrN4S2. The van der Waals surface area contributed by atoms with Gasteiger partial charge in [-0.2, -0.15) is 0 Å². The first kappa shape index (κ1) is 14.1. The van der Waals surface area contributed by atoms with E-state index in [2.05, 4.69) is 57.1 Å². The van der Waals surface area contributed by atoms with Gasteiger partial charge in [-0.1, -0.05) is 15.9 Å². The van der Waals surface area contributed by atoms with E-state index in [0.29, 0.717) is 0 Å². The maximum absolute atomic E-state index is 5.27. The summed E-state index contributed by atoms with van der Waals surface area (Å²) in [5, 5.41) is 3.10. The molecule has 0 spiro atoms. The van der Waals surface area contributed by atoms with E-state index < -0.39 is 0 Å². The summed E-state index contributed by atoms with van der Waals surface area (Å²) in [7, 11) is 0. The predicted octanol–water partition coefficient (Wildman–Crippen LogP) is 1.29. The molecule has 15 heavy (non-hydrogen) atoms. The van der Waals surface area contributed by atoms with Crippen LogP contribution in [-0.2, 0) is 0 Å². The average Bonchev–Trinajstić information content (AvgIpc) is 2.07. The second-order valence-corrected chi connectivity index (χ2v) is 4.23. The van der Waals surface area contributed by atoms with E-state index in [1.165, 1.54) is 0 Å². The van der Waals surface area contributed by atoms with Crippen molar-refractivity contribution in [1.82, 2.24) is 0 Å². The molecule has 1 rings (SSSR count). The highest BCUT2D eigenvalue weighted by Crippen LogP contribution is 2.13. The van der Waals surface area contributed by atoms with E-state index >= 15 is 0 Å². The highest BCUT2D eigenvalue weighted by atomic mass is 79.9. The zero-order valence-electron chi connectivity index (χ0n) is 7.74. The van der Waals surface area contributed by atoms with Crippen LogP contribution in [0.15, 0.2) is 28.7 Å². The van der Waals surface area contributed by atoms with E-state index in [0.717, 1.165) is 10.2 Å². The second-order valence-electron chi connectivity index (χ2n) is 2.40. The molecule has 0 aliphatic heterocycles. The maximum atomic E-state index is 5.27. The SMILES string of the molecule is NC(=S)Nc1ccc(Br)cc1.NC(N)=S. The van der Waals surface area contributed by atoms with Crippen LogP contribution in [0.3, 0.4) is 0 Å². The number of thiocarbonyl (C=S) groups is 2. The van der Waals surface area contributed by atoms with Gasteiger partial charge in [0.05, 0.1) is 0 Å². The fraction of sp³-hybridized carbons (Fsp3) is 0. The zero-order valence-corrected chi connectivity index (χ0v) is 11.0. The van der Waals surface area contributed by atoms with Crippen LogP contribution in [0.5, 0.6) is 0 Å². The van der Waals surface area contributed by atoms with Gasteiger partial charge in [-0.25, -0.2) is 0 Å². The molecule has 0 fully saturated rings. The van der Waals surface area contributed by atoms with E-state index in [1.807, 2.05) is 24.3 Å². The quantitative estimate of drug-likeness (QED) is 0.585. The Kier molecular flexibility index (Phi) is 6.93. The lowest BCUT2D eigenvalue weighted by atomic mass is 10.3. The lowest BCUT2D eigenvalue weighted by Gasteiger charge is -2.01. The topological polar surface area (TPSA) is 90.1 Å². The van der Waals surface area contributed by atoms with Crippen molar-refractivity contribution < 1.29 is 0 Å². The van der Waals surface area contributed by atoms with Crippen molar-refractivity contribution in [3.8, 4) is 0 Å². The molecule has 0 atom stereocenters. The number of hydrogen-bond acceptors (Lipinski definition) is 2. The lowest BCUT2D eigenvalue weighted by Crippen LogP contribution is -2.18. The molecular weight excluding hydrogens is 296 g/mol. The second kappa shape index (κ2) is 7.38. The first-order chi connectivity index (χ1) is 6.91. The van der Waals surface area contributed by atoms with Crippen LogP contribution in [0.2, 0.25) is 0 Å². The molecule has 0 aliphatic rings. The molecule has 1 aromatic carbocycles. The first-order valence-electron chi connectivity index (χ1n) is 3.78. The van der Waals surface area contributed by atoms with Crippen LogP contribution in [0, 0.1) is 0 Å². The number of anilines is 1. The van der Waals surface area contributed by atoms with Crippen molar-refractivity contribution in [2.45, 2.75) is 0 Å². The number of benzene rings is 1. The maximum Gasteiger partial charge on any atom is 0.168 e. The Morgan fingerprint density at radius 1 is 1.07 bits per heavy atom. The molecule has 0 aromatic heterocycles. The Morgan fingerprint density at radius 3 is 1.80 bits per heavy atom. The molecule has 0 aliphatic carbocycles. The van der Waals surface area contributed by atoms with Crippen molar-refractivity contribution in [2.24, 2.45) is 17.2 Å². The van der Waals surface area contributed by atoms with E-state index in [-0.39, 0.29) is 10.2 Å². The molecule has 0 amide bonds. The highest BCUT2D eigenvalue weighted by molar-refractivity contribution is 9.10. The molecule has 7 N–H and O–H groups in total. The van der Waals surface area contributed by atoms with Crippen LogP contribution in [0.1, 0.15) is 0 Å². The van der Waals surface area contributed by atoms with Crippen molar-refractivity contribution in [1.29, 1.82) is 0 Å². The highest BCUT2D eigenvalue weighted by Gasteiger charge is 1.91. The molecule has 82 valence electrons. The van der Waals surface area contributed by atoms with E-state index in [1.54, 1.807) is 0 Å². The Hall–Kier alpha value is -0.920. The molecule has 0 bridgehead atoms. The minimum absolute atomic E-state index is 0.000000000000000222. The number of nitrogens with one attached hydrogen (secondary N) is 1. The van der Waals surface area contributed by atoms with E-state index in [9.17, 15) is 0 Å². The van der Waals surface area contributed by atoms with Gasteiger partial charge < -0.3 is 22.5 Å². The van der Waals surface area contributed by atoms with Gasteiger partial charge in [0.2, 0.25) is 0 Å². The van der Waals surface area contributed by atoms with Crippen molar-refractivity contribution in [3.63, 3.8) is 0 Å². The normalized spacial score (nSPS) is 8.33. The number of nitrogens with two attached hydrogens (primary N) is 3. The third-order valence-electron chi connectivity index (χ3n) is 1.11. The average molecular weight is 307 g/mol. The fourth-order valence-corrected chi connectivity index (χ4v) is 1.06. The van der Waals surface area contributed by atoms with Crippen molar-refractivity contribution >= 4 is 56.3 Å². The molecule has 0 heterocycles. The number of rotatable bonds is 1. The molecule has 7 heteroatoms. The third kappa shape index (κ3) is 9.39. The summed E-state index contributed by atoms with van der Waals surface area (Å²) in [4.78, 5) is 0. The summed E-state index contributed by atoms with van der Waals surface area (Å²) < 4.78 is 1.03. The number of hydrogen-bond donors (Lipinski definition) is 4. The van der Waals surface area contributed by atoms with Gasteiger partial charge in [-0.3, -0.25) is 0 Å². The van der Waals surface area contributed by atoms with Gasteiger partial charge >= 0.3 is 0 Å². The molecule has 0 radical (unpaired) electrons. The van der Waals surface area contributed by atoms with Crippen molar-refractivity contribution in [2.75, 3.05) is 5.32 Å². The summed E-state index contributed by atoms with van der Waals surface area (Å²) >= 11 is 12.1. The molecule has 0 saturated heterocycles. The molecule has 1 aromatic rings. The Balaban J connectivity index is 0.000000423. The van der Waals surface area contributed by atoms with Gasteiger partial charge in [0.15, 0.2) is 10.2 Å². The van der Waals surface area contributed by atoms with Crippen LogP contribution < -0.4 is 22.5 Å². The summed E-state index contributed by atoms with van der Waals surface area (Å²) in [6.07, 6.45) is 0.